The molecule has 3 rings (SSSR count). The lowest BCUT2D eigenvalue weighted by molar-refractivity contribution is -0.121. The summed E-state index contributed by atoms with van der Waals surface area (Å²) in [6, 6.07) is 1.82. The number of thiazole rings is 1. The van der Waals surface area contributed by atoms with Crippen molar-refractivity contribution >= 4 is 28.3 Å². The predicted molar refractivity (Wildman–Crippen MR) is 90.6 cm³/mol. The van der Waals surface area contributed by atoms with Crippen LogP contribution in [0.4, 0.5) is 11.1 Å². The van der Waals surface area contributed by atoms with Crippen molar-refractivity contribution in [3.63, 3.8) is 0 Å². The first-order valence-electron chi connectivity index (χ1n) is 7.63. The number of anilines is 2. The lowest BCUT2D eigenvalue weighted by Crippen LogP contribution is -2.56. The molecule has 2 aromatic heterocycles. The van der Waals surface area contributed by atoms with Gasteiger partial charge in [-0.15, -0.1) is 11.3 Å². The number of rotatable bonds is 4. The van der Waals surface area contributed by atoms with E-state index in [1.807, 2.05) is 18.5 Å². The normalized spacial score (nSPS) is 20.3. The van der Waals surface area contributed by atoms with Gasteiger partial charge in [-0.05, 0) is 19.9 Å². The van der Waals surface area contributed by atoms with E-state index in [1.54, 1.807) is 29.8 Å². The van der Waals surface area contributed by atoms with Gasteiger partial charge in [0.25, 0.3) is 0 Å². The first kappa shape index (κ1) is 15.8. The number of nitrogens with zero attached hydrogens (tertiary/aromatic N) is 5. The fraction of sp³-hybridized carbons (Fsp3) is 0.467. The monoisotopic (exact) mass is 332 g/mol. The summed E-state index contributed by atoms with van der Waals surface area (Å²) in [6.45, 7) is 6.61. The summed E-state index contributed by atoms with van der Waals surface area (Å²) in [5.41, 5.74) is 0. The van der Waals surface area contributed by atoms with Gasteiger partial charge in [0.1, 0.15) is 0 Å². The molecule has 1 aliphatic rings. The molecular formula is C15H20N6OS. The third kappa shape index (κ3) is 3.65. The Morgan fingerprint density at radius 1 is 1.30 bits per heavy atom. The molecule has 1 N–H and O–H groups in total. The zero-order valence-corrected chi connectivity index (χ0v) is 14.0. The minimum Gasteiger partial charge on any atom is -0.343 e. The Bertz CT molecular complexity index is 635. The molecule has 122 valence electrons. The zero-order chi connectivity index (χ0) is 16.2. The second-order valence-electron chi connectivity index (χ2n) is 5.59. The van der Waals surface area contributed by atoms with Gasteiger partial charge in [-0.2, -0.15) is 0 Å². The number of nitrogens with one attached hydrogen (secondary N) is 1. The molecule has 0 aliphatic carbocycles. The van der Waals surface area contributed by atoms with E-state index >= 15 is 0 Å². The Kier molecular flexibility index (Phi) is 4.82. The van der Waals surface area contributed by atoms with E-state index in [1.165, 1.54) is 0 Å². The topological polar surface area (TPSA) is 74.2 Å². The standard InChI is InChI=1S/C15H20N6OS/c1-11-10-20(7-8-21(11)15-18-6-9-23-15)12(2)13(22)19-14-16-4-3-5-17-14/h3-6,9,11-12H,7-8,10H2,1-2H3,(H,16,17,19,22)/t11-,12-/m1/s1. The lowest BCUT2D eigenvalue weighted by Gasteiger charge is -2.41. The fourth-order valence-electron chi connectivity index (χ4n) is 2.72. The number of carbonyl (C=O) groups is 1. The van der Waals surface area contributed by atoms with Gasteiger partial charge in [0, 0.05) is 49.6 Å². The number of aromatic nitrogens is 3. The molecule has 3 heterocycles. The van der Waals surface area contributed by atoms with Gasteiger partial charge >= 0.3 is 0 Å². The van der Waals surface area contributed by atoms with Gasteiger partial charge in [0.05, 0.1) is 6.04 Å². The summed E-state index contributed by atoms with van der Waals surface area (Å²) in [6.07, 6.45) is 5.05. The van der Waals surface area contributed by atoms with E-state index in [0.717, 1.165) is 24.8 Å². The quantitative estimate of drug-likeness (QED) is 0.914. The second-order valence-corrected chi connectivity index (χ2v) is 6.46. The second kappa shape index (κ2) is 7.01. The molecule has 1 fully saturated rings. The first-order valence-corrected chi connectivity index (χ1v) is 8.51. The molecule has 8 heteroatoms. The van der Waals surface area contributed by atoms with Gasteiger partial charge in [0.2, 0.25) is 11.9 Å². The minimum absolute atomic E-state index is 0.0777. The van der Waals surface area contributed by atoms with Crippen LogP contribution < -0.4 is 10.2 Å². The Morgan fingerprint density at radius 3 is 2.74 bits per heavy atom. The highest BCUT2D eigenvalue weighted by molar-refractivity contribution is 7.13. The van der Waals surface area contributed by atoms with Crippen LogP contribution in [0.3, 0.4) is 0 Å². The average molecular weight is 332 g/mol. The van der Waals surface area contributed by atoms with Crippen molar-refractivity contribution in [1.29, 1.82) is 0 Å². The van der Waals surface area contributed by atoms with Crippen molar-refractivity contribution in [2.45, 2.75) is 25.9 Å². The molecule has 1 saturated heterocycles. The molecule has 0 saturated carbocycles. The summed E-state index contributed by atoms with van der Waals surface area (Å²) in [4.78, 5) is 29.3. The van der Waals surface area contributed by atoms with Crippen LogP contribution in [-0.2, 0) is 4.79 Å². The van der Waals surface area contributed by atoms with Gasteiger partial charge in [0.15, 0.2) is 5.13 Å². The fourth-order valence-corrected chi connectivity index (χ4v) is 3.50. The van der Waals surface area contributed by atoms with Gasteiger partial charge in [-0.25, -0.2) is 15.0 Å². The molecule has 1 amide bonds. The molecule has 1 aliphatic heterocycles. The van der Waals surface area contributed by atoms with E-state index in [4.69, 9.17) is 0 Å². The molecule has 7 nitrogen and oxygen atoms in total. The van der Waals surface area contributed by atoms with Crippen LogP contribution in [0.25, 0.3) is 0 Å². The molecule has 2 atom stereocenters. The molecule has 23 heavy (non-hydrogen) atoms. The van der Waals surface area contributed by atoms with Crippen LogP contribution in [0.2, 0.25) is 0 Å². The van der Waals surface area contributed by atoms with Crippen LogP contribution in [0.1, 0.15) is 13.8 Å². The molecule has 0 spiro atoms. The zero-order valence-electron chi connectivity index (χ0n) is 13.2. The van der Waals surface area contributed by atoms with Gasteiger partial charge in [-0.1, -0.05) is 0 Å². The molecule has 0 radical (unpaired) electrons. The maximum Gasteiger partial charge on any atom is 0.243 e. The Hall–Kier alpha value is -2.06. The highest BCUT2D eigenvalue weighted by Crippen LogP contribution is 2.23. The van der Waals surface area contributed by atoms with Crippen molar-refractivity contribution in [2.24, 2.45) is 0 Å². The lowest BCUT2D eigenvalue weighted by atomic mass is 10.1. The summed E-state index contributed by atoms with van der Waals surface area (Å²) in [7, 11) is 0. The highest BCUT2D eigenvalue weighted by atomic mass is 32.1. The SMILES string of the molecule is C[C@H](C(=O)Nc1ncccn1)N1CCN(c2nccs2)[C@H](C)C1. The third-order valence-electron chi connectivity index (χ3n) is 4.05. The molecule has 0 unspecified atom stereocenters. The Morgan fingerprint density at radius 2 is 2.09 bits per heavy atom. The number of carbonyl (C=O) groups excluding carboxylic acids is 1. The number of hydrogen-bond acceptors (Lipinski definition) is 7. The molecule has 0 aromatic carbocycles. The molecule has 2 aromatic rings. The maximum absolute atomic E-state index is 12.4. The number of amides is 1. The van der Waals surface area contributed by atoms with Crippen molar-refractivity contribution in [3.8, 4) is 0 Å². The highest BCUT2D eigenvalue weighted by Gasteiger charge is 2.30. The number of hydrogen-bond donors (Lipinski definition) is 1. The van der Waals surface area contributed by atoms with Crippen LogP contribution in [-0.4, -0.2) is 57.5 Å². The van der Waals surface area contributed by atoms with Crippen molar-refractivity contribution in [2.75, 3.05) is 29.9 Å². The van der Waals surface area contributed by atoms with E-state index in [2.05, 4.69) is 37.0 Å². The Labute approximate surface area is 139 Å². The van der Waals surface area contributed by atoms with E-state index in [0.29, 0.717) is 12.0 Å². The predicted octanol–water partition coefficient (Wildman–Crippen LogP) is 1.47. The maximum atomic E-state index is 12.4. The summed E-state index contributed by atoms with van der Waals surface area (Å²) in [5, 5.41) is 5.80. The minimum atomic E-state index is -0.222. The summed E-state index contributed by atoms with van der Waals surface area (Å²) in [5.74, 6) is 0.268. The summed E-state index contributed by atoms with van der Waals surface area (Å²) >= 11 is 1.65. The smallest absolute Gasteiger partial charge is 0.243 e. The van der Waals surface area contributed by atoms with Crippen LogP contribution >= 0.6 is 11.3 Å². The third-order valence-corrected chi connectivity index (χ3v) is 4.86. The number of piperazine rings is 1. The van der Waals surface area contributed by atoms with E-state index < -0.39 is 0 Å². The summed E-state index contributed by atoms with van der Waals surface area (Å²) < 4.78 is 0. The average Bonchev–Trinajstić information content (AvgIpc) is 3.09. The van der Waals surface area contributed by atoms with Gasteiger partial charge in [-0.3, -0.25) is 15.0 Å². The van der Waals surface area contributed by atoms with Crippen molar-refractivity contribution in [3.05, 3.63) is 30.0 Å². The Balaban J connectivity index is 1.58. The largest absolute Gasteiger partial charge is 0.343 e. The van der Waals surface area contributed by atoms with Crippen LogP contribution in [0.15, 0.2) is 30.0 Å². The molecule has 0 bridgehead atoms. The van der Waals surface area contributed by atoms with Gasteiger partial charge < -0.3 is 4.90 Å². The van der Waals surface area contributed by atoms with Crippen LogP contribution in [0, 0.1) is 0 Å². The van der Waals surface area contributed by atoms with Crippen molar-refractivity contribution < 1.29 is 4.79 Å². The van der Waals surface area contributed by atoms with E-state index in [9.17, 15) is 4.79 Å². The first-order chi connectivity index (χ1) is 11.1. The van der Waals surface area contributed by atoms with E-state index in [-0.39, 0.29) is 11.9 Å². The van der Waals surface area contributed by atoms with Crippen LogP contribution in [0.5, 0.6) is 0 Å². The van der Waals surface area contributed by atoms with Crippen molar-refractivity contribution in [1.82, 2.24) is 19.9 Å². The molecular weight excluding hydrogens is 312 g/mol.